The van der Waals surface area contributed by atoms with Gasteiger partial charge in [-0.3, -0.25) is 14.7 Å². The molecule has 172 valence electrons. The Morgan fingerprint density at radius 1 is 0.941 bits per heavy atom. The highest BCUT2D eigenvalue weighted by Gasteiger charge is 2.14. The average Bonchev–Trinajstić information content (AvgIpc) is 3.33. The zero-order valence-corrected chi connectivity index (χ0v) is 19.6. The lowest BCUT2D eigenvalue weighted by molar-refractivity contribution is -0.113. The third kappa shape index (κ3) is 6.32. The predicted octanol–water partition coefficient (Wildman–Crippen LogP) is 4.48. The van der Waals surface area contributed by atoms with Crippen LogP contribution in [0.15, 0.2) is 84.0 Å². The number of aromatic amines is 1. The number of hydrogen-bond acceptors (Lipinski definition) is 5. The molecule has 3 aromatic carbocycles. The number of anilines is 1. The van der Waals surface area contributed by atoms with Crippen LogP contribution >= 0.6 is 11.8 Å². The van der Waals surface area contributed by atoms with Crippen LogP contribution in [0.1, 0.15) is 21.5 Å². The van der Waals surface area contributed by atoms with Gasteiger partial charge in [0.2, 0.25) is 11.1 Å². The van der Waals surface area contributed by atoms with E-state index in [2.05, 4.69) is 25.8 Å². The number of nitrogens with zero attached hydrogens (tertiary/aromatic N) is 2. The molecule has 8 heteroatoms. The van der Waals surface area contributed by atoms with E-state index >= 15 is 0 Å². The molecular formula is C26H25N5O2S. The smallest absolute Gasteiger partial charge is 0.253 e. The van der Waals surface area contributed by atoms with Gasteiger partial charge in [0.1, 0.15) is 0 Å². The van der Waals surface area contributed by atoms with Gasteiger partial charge in [-0.05, 0) is 31.0 Å². The van der Waals surface area contributed by atoms with E-state index in [9.17, 15) is 9.59 Å². The van der Waals surface area contributed by atoms with Crippen molar-refractivity contribution in [2.75, 3.05) is 17.6 Å². The molecule has 3 N–H and O–H groups in total. The van der Waals surface area contributed by atoms with Crippen LogP contribution < -0.4 is 10.6 Å². The quantitative estimate of drug-likeness (QED) is 0.313. The van der Waals surface area contributed by atoms with Gasteiger partial charge in [0.05, 0.1) is 17.0 Å². The lowest BCUT2D eigenvalue weighted by Crippen LogP contribution is -2.27. The van der Waals surface area contributed by atoms with E-state index in [0.717, 1.165) is 17.5 Å². The number of amides is 2. The van der Waals surface area contributed by atoms with Gasteiger partial charge in [0.15, 0.2) is 5.82 Å². The summed E-state index contributed by atoms with van der Waals surface area (Å²) in [5.74, 6) is 0.308. The number of thioether (sulfide) groups is 1. The highest BCUT2D eigenvalue weighted by atomic mass is 32.2. The number of nitrogens with one attached hydrogen (secondary N) is 3. The lowest BCUT2D eigenvalue weighted by atomic mass is 10.1. The molecule has 0 unspecified atom stereocenters. The van der Waals surface area contributed by atoms with Crippen LogP contribution in [0.3, 0.4) is 0 Å². The molecule has 4 rings (SSSR count). The molecule has 1 heterocycles. The van der Waals surface area contributed by atoms with E-state index in [1.165, 1.54) is 17.3 Å². The first-order chi connectivity index (χ1) is 16.6. The van der Waals surface area contributed by atoms with Gasteiger partial charge < -0.3 is 10.6 Å². The second kappa shape index (κ2) is 11.3. The number of hydrogen-bond donors (Lipinski definition) is 3. The van der Waals surface area contributed by atoms with E-state index < -0.39 is 0 Å². The number of rotatable bonds is 9. The first-order valence-electron chi connectivity index (χ1n) is 10.9. The predicted molar refractivity (Wildman–Crippen MR) is 135 cm³/mol. The number of H-pyrrole nitrogens is 1. The molecule has 0 radical (unpaired) electrons. The van der Waals surface area contributed by atoms with Crippen molar-refractivity contribution in [2.24, 2.45) is 0 Å². The maximum absolute atomic E-state index is 12.7. The molecule has 0 saturated carbocycles. The Bertz CT molecular complexity index is 1260. The molecule has 2 amide bonds. The standard InChI is InChI=1S/C26H25N5O2S/c1-18-11-13-20(14-12-18)24-29-26(31-30-24)34-17-23(32)28-22-10-6-5-9-21(22)25(33)27-16-15-19-7-3-2-4-8-19/h2-14H,15-17H2,1H3,(H,27,33)(H,28,32)(H,29,30,31). The minimum absolute atomic E-state index is 0.120. The summed E-state index contributed by atoms with van der Waals surface area (Å²) < 4.78 is 0. The normalized spacial score (nSPS) is 10.6. The molecule has 0 spiro atoms. The SMILES string of the molecule is Cc1ccc(-c2nc(SCC(=O)Nc3ccccc3C(=O)NCCc3ccccc3)n[nH]2)cc1. The monoisotopic (exact) mass is 471 g/mol. The molecule has 0 aliphatic rings. The number of aryl methyl sites for hydroxylation is 1. The molecule has 0 bridgehead atoms. The van der Waals surface area contributed by atoms with Gasteiger partial charge in [-0.15, -0.1) is 5.10 Å². The third-order valence-electron chi connectivity index (χ3n) is 5.11. The Balaban J connectivity index is 1.30. The number of para-hydroxylation sites is 1. The van der Waals surface area contributed by atoms with Crippen molar-refractivity contribution in [3.8, 4) is 11.4 Å². The van der Waals surface area contributed by atoms with Crippen molar-refractivity contribution in [3.05, 3.63) is 95.6 Å². The molecule has 1 aromatic heterocycles. The number of aromatic nitrogens is 3. The summed E-state index contributed by atoms with van der Waals surface area (Å²) in [6.07, 6.45) is 0.735. The zero-order chi connectivity index (χ0) is 23.8. The second-order valence-electron chi connectivity index (χ2n) is 7.71. The number of carbonyl (C=O) groups is 2. The van der Waals surface area contributed by atoms with Gasteiger partial charge in [-0.2, -0.15) is 0 Å². The Morgan fingerprint density at radius 2 is 1.68 bits per heavy atom. The second-order valence-corrected chi connectivity index (χ2v) is 8.65. The third-order valence-corrected chi connectivity index (χ3v) is 5.96. The summed E-state index contributed by atoms with van der Waals surface area (Å²) in [5, 5.41) is 13.3. The van der Waals surface area contributed by atoms with Crippen molar-refractivity contribution in [3.63, 3.8) is 0 Å². The summed E-state index contributed by atoms with van der Waals surface area (Å²) in [4.78, 5) is 29.7. The van der Waals surface area contributed by atoms with E-state index in [4.69, 9.17) is 0 Å². The van der Waals surface area contributed by atoms with E-state index in [1.54, 1.807) is 24.3 Å². The molecule has 0 aliphatic heterocycles. The fraction of sp³-hybridized carbons (Fsp3) is 0.154. The molecule has 4 aromatic rings. The summed E-state index contributed by atoms with van der Waals surface area (Å²) >= 11 is 1.23. The topological polar surface area (TPSA) is 99.8 Å². The Labute approximate surface area is 202 Å². The van der Waals surface area contributed by atoms with Gasteiger partial charge in [-0.1, -0.05) is 84.1 Å². The highest BCUT2D eigenvalue weighted by molar-refractivity contribution is 7.99. The van der Waals surface area contributed by atoms with E-state index in [0.29, 0.717) is 28.8 Å². The molecule has 0 fully saturated rings. The Hall–Kier alpha value is -3.91. The molecule has 0 aliphatic carbocycles. The lowest BCUT2D eigenvalue weighted by Gasteiger charge is -2.11. The largest absolute Gasteiger partial charge is 0.352 e. The van der Waals surface area contributed by atoms with E-state index in [1.807, 2.05) is 61.5 Å². The van der Waals surface area contributed by atoms with Gasteiger partial charge >= 0.3 is 0 Å². The van der Waals surface area contributed by atoms with Crippen LogP contribution in [0.25, 0.3) is 11.4 Å². The van der Waals surface area contributed by atoms with Gasteiger partial charge in [-0.25, -0.2) is 4.98 Å². The number of benzene rings is 3. The van der Waals surface area contributed by atoms with Gasteiger partial charge in [0.25, 0.3) is 5.91 Å². The summed E-state index contributed by atoms with van der Waals surface area (Å²) in [6.45, 7) is 2.53. The molecule has 0 saturated heterocycles. The van der Waals surface area contributed by atoms with Crippen molar-refractivity contribution in [1.29, 1.82) is 0 Å². The summed E-state index contributed by atoms with van der Waals surface area (Å²) in [7, 11) is 0. The Kier molecular flexibility index (Phi) is 7.72. The minimum Gasteiger partial charge on any atom is -0.352 e. The minimum atomic E-state index is -0.240. The van der Waals surface area contributed by atoms with Crippen molar-refractivity contribution in [1.82, 2.24) is 20.5 Å². The molecule has 7 nitrogen and oxygen atoms in total. The van der Waals surface area contributed by atoms with Crippen LogP contribution in [-0.4, -0.2) is 39.3 Å². The average molecular weight is 472 g/mol. The number of carbonyl (C=O) groups excluding carboxylic acids is 2. The first kappa shape index (κ1) is 23.3. The molecular weight excluding hydrogens is 446 g/mol. The van der Waals surface area contributed by atoms with Crippen LogP contribution in [0.4, 0.5) is 5.69 Å². The van der Waals surface area contributed by atoms with Gasteiger partial charge in [0, 0.05) is 12.1 Å². The fourth-order valence-electron chi connectivity index (χ4n) is 3.32. The Morgan fingerprint density at radius 3 is 2.47 bits per heavy atom. The summed E-state index contributed by atoms with van der Waals surface area (Å²) in [6, 6.07) is 24.9. The maximum Gasteiger partial charge on any atom is 0.253 e. The van der Waals surface area contributed by atoms with Crippen LogP contribution in [0.5, 0.6) is 0 Å². The van der Waals surface area contributed by atoms with Crippen molar-refractivity contribution in [2.45, 2.75) is 18.5 Å². The van der Waals surface area contributed by atoms with Crippen LogP contribution in [0, 0.1) is 6.92 Å². The summed E-state index contributed by atoms with van der Waals surface area (Å²) in [5.41, 5.74) is 4.15. The molecule has 0 atom stereocenters. The maximum atomic E-state index is 12.7. The van der Waals surface area contributed by atoms with Crippen molar-refractivity contribution < 1.29 is 9.59 Å². The zero-order valence-electron chi connectivity index (χ0n) is 18.7. The van der Waals surface area contributed by atoms with E-state index in [-0.39, 0.29) is 17.6 Å². The fourth-order valence-corrected chi connectivity index (χ4v) is 3.92. The van der Waals surface area contributed by atoms with Crippen molar-refractivity contribution >= 4 is 29.3 Å². The van der Waals surface area contributed by atoms with Crippen LogP contribution in [0.2, 0.25) is 0 Å². The molecule has 34 heavy (non-hydrogen) atoms. The highest BCUT2D eigenvalue weighted by Crippen LogP contribution is 2.21. The first-order valence-corrected chi connectivity index (χ1v) is 11.9. The van der Waals surface area contributed by atoms with Crippen LogP contribution in [-0.2, 0) is 11.2 Å².